The number of aryl methyl sites for hydroxylation is 1. The molecular formula is C27H40BN5O3. The van der Waals surface area contributed by atoms with Gasteiger partial charge in [-0.25, -0.2) is 9.67 Å². The molecule has 36 heavy (non-hydrogen) atoms. The molecule has 3 saturated carbocycles. The summed E-state index contributed by atoms with van der Waals surface area (Å²) in [5.41, 5.74) is 6.88. The number of nitrogens with zero attached hydrogens (tertiary/aromatic N) is 3. The van der Waals surface area contributed by atoms with Gasteiger partial charge in [0.05, 0.1) is 17.6 Å². The lowest BCUT2D eigenvalue weighted by Gasteiger charge is -2.64. The van der Waals surface area contributed by atoms with Gasteiger partial charge in [-0.1, -0.05) is 50.6 Å². The molecule has 3 aliphatic carbocycles. The largest absolute Gasteiger partial charge is 0.481 e. The van der Waals surface area contributed by atoms with Gasteiger partial charge in [0.15, 0.2) is 5.82 Å². The van der Waals surface area contributed by atoms with Gasteiger partial charge in [-0.15, -0.1) is 0 Å². The molecule has 4 aliphatic rings. The van der Waals surface area contributed by atoms with Gasteiger partial charge in [0.25, 0.3) is 0 Å². The average Bonchev–Trinajstić information content (AvgIpc) is 3.37. The van der Waals surface area contributed by atoms with E-state index in [0.29, 0.717) is 30.6 Å². The summed E-state index contributed by atoms with van der Waals surface area (Å²) in [5, 5.41) is 7.80. The molecule has 5 unspecified atom stereocenters. The van der Waals surface area contributed by atoms with Crippen LogP contribution in [0.4, 0.5) is 0 Å². The second kappa shape index (κ2) is 9.91. The lowest BCUT2D eigenvalue weighted by Crippen LogP contribution is -2.65. The van der Waals surface area contributed by atoms with Crippen LogP contribution in [0.5, 0.6) is 0 Å². The Hall–Kier alpha value is -2.23. The normalized spacial score (nSPS) is 28.9. The molecule has 1 saturated heterocycles. The smallest absolute Gasteiger partial charge is 0.404 e. The average molecular weight is 493 g/mol. The van der Waals surface area contributed by atoms with E-state index in [0.717, 1.165) is 37.1 Å². The quantitative estimate of drug-likeness (QED) is 0.390. The maximum atomic E-state index is 13.2. The van der Waals surface area contributed by atoms with Crippen molar-refractivity contribution in [3.8, 4) is 0 Å². The highest BCUT2D eigenvalue weighted by molar-refractivity contribution is 6.47. The van der Waals surface area contributed by atoms with Crippen molar-refractivity contribution in [1.82, 2.24) is 20.1 Å². The number of unbranched alkanes of at least 4 members (excludes halogenated alkanes) is 1. The van der Waals surface area contributed by atoms with Crippen LogP contribution >= 0.6 is 0 Å². The molecular weight excluding hydrogens is 453 g/mol. The van der Waals surface area contributed by atoms with Crippen molar-refractivity contribution in [1.29, 1.82) is 0 Å². The van der Waals surface area contributed by atoms with E-state index in [1.54, 1.807) is 4.68 Å². The minimum absolute atomic E-state index is 0.0892. The lowest BCUT2D eigenvalue weighted by atomic mass is 9.43. The summed E-state index contributed by atoms with van der Waals surface area (Å²) < 4.78 is 14.9. The number of hydrogen-bond donors (Lipinski definition) is 2. The summed E-state index contributed by atoms with van der Waals surface area (Å²) in [4.78, 5) is 17.7. The topological polar surface area (TPSA) is 104 Å². The number of nitrogens with one attached hydrogen (secondary N) is 1. The van der Waals surface area contributed by atoms with Crippen LogP contribution in [0, 0.1) is 24.2 Å². The Morgan fingerprint density at radius 1 is 1.25 bits per heavy atom. The van der Waals surface area contributed by atoms with Gasteiger partial charge in [-0.2, -0.15) is 5.10 Å². The monoisotopic (exact) mass is 493 g/mol. The van der Waals surface area contributed by atoms with E-state index in [2.05, 4.69) is 48.3 Å². The molecule has 0 spiro atoms. The van der Waals surface area contributed by atoms with E-state index in [1.807, 2.05) is 25.1 Å². The molecule has 1 amide bonds. The Balaban J connectivity index is 1.24. The van der Waals surface area contributed by atoms with E-state index >= 15 is 0 Å². The summed E-state index contributed by atoms with van der Waals surface area (Å²) in [6.07, 6.45) is 5.55. The number of carbonyl (C=O) groups is 1. The molecule has 1 aliphatic heterocycles. The fraction of sp³-hybridized carbons (Fsp3) is 0.667. The first kappa shape index (κ1) is 25.4. The van der Waals surface area contributed by atoms with Gasteiger partial charge >= 0.3 is 7.12 Å². The zero-order valence-electron chi connectivity index (χ0n) is 22.1. The predicted octanol–water partition coefficient (Wildman–Crippen LogP) is 3.06. The van der Waals surface area contributed by atoms with Crippen molar-refractivity contribution in [2.75, 3.05) is 6.54 Å². The second-order valence-corrected chi connectivity index (χ2v) is 11.7. The van der Waals surface area contributed by atoms with Crippen molar-refractivity contribution in [3.63, 3.8) is 0 Å². The van der Waals surface area contributed by atoms with E-state index in [-0.39, 0.29) is 35.5 Å². The van der Waals surface area contributed by atoms with Gasteiger partial charge in [0.2, 0.25) is 5.91 Å². The zero-order valence-corrected chi connectivity index (χ0v) is 22.1. The number of hydrogen-bond acceptors (Lipinski definition) is 6. The molecule has 2 bridgehead atoms. The molecule has 2 aromatic rings. The Bertz CT molecular complexity index is 1080. The predicted molar refractivity (Wildman–Crippen MR) is 139 cm³/mol. The molecule has 5 atom stereocenters. The van der Waals surface area contributed by atoms with E-state index in [4.69, 9.17) is 15.0 Å². The Morgan fingerprint density at radius 2 is 2.03 bits per heavy atom. The van der Waals surface area contributed by atoms with E-state index in [1.165, 1.54) is 6.42 Å². The van der Waals surface area contributed by atoms with Crippen molar-refractivity contribution in [3.05, 3.63) is 47.5 Å². The van der Waals surface area contributed by atoms with E-state index < -0.39 is 7.12 Å². The Labute approximate surface area is 214 Å². The van der Waals surface area contributed by atoms with E-state index in [9.17, 15) is 4.79 Å². The second-order valence-electron chi connectivity index (χ2n) is 11.7. The Morgan fingerprint density at radius 3 is 2.75 bits per heavy atom. The lowest BCUT2D eigenvalue weighted by molar-refractivity contribution is -0.199. The number of amides is 1. The zero-order chi connectivity index (χ0) is 25.5. The molecule has 1 aromatic heterocycles. The molecule has 194 valence electrons. The van der Waals surface area contributed by atoms with Crippen LogP contribution in [0.2, 0.25) is 0 Å². The summed E-state index contributed by atoms with van der Waals surface area (Å²) in [6, 6.07) is 10.1. The van der Waals surface area contributed by atoms with Crippen LogP contribution in [0.25, 0.3) is 0 Å². The number of nitrogens with two attached hydrogens (primary N) is 1. The number of rotatable bonds is 10. The van der Waals surface area contributed by atoms with Crippen LogP contribution in [0.3, 0.4) is 0 Å². The number of carbonyl (C=O) groups excluding carboxylic acids is 1. The third kappa shape index (κ3) is 4.73. The molecule has 0 radical (unpaired) electrons. The molecule has 4 fully saturated rings. The summed E-state index contributed by atoms with van der Waals surface area (Å²) in [6.45, 7) is 9.56. The molecule has 8 nitrogen and oxygen atoms in total. The maximum Gasteiger partial charge on any atom is 0.481 e. The highest BCUT2D eigenvalue weighted by Crippen LogP contribution is 2.65. The first-order chi connectivity index (χ1) is 17.2. The highest BCUT2D eigenvalue weighted by atomic mass is 16.7. The van der Waals surface area contributed by atoms with Crippen LogP contribution in [-0.4, -0.2) is 52.0 Å². The molecule has 3 N–H and O–H groups in total. The SMILES string of the molecule is Cc1nc(Cc2ccccc2)nn1CC(=O)NC(CCCCN)B1OC2CC3CC(C3(C)C)C2(C)O1. The third-order valence-corrected chi connectivity index (χ3v) is 9.01. The summed E-state index contributed by atoms with van der Waals surface area (Å²) in [7, 11) is -0.442. The number of aromatic nitrogens is 3. The van der Waals surface area contributed by atoms with Gasteiger partial charge in [0.1, 0.15) is 12.4 Å². The minimum Gasteiger partial charge on any atom is -0.404 e. The maximum absolute atomic E-state index is 13.2. The minimum atomic E-state index is -0.442. The first-order valence-electron chi connectivity index (χ1n) is 13.5. The van der Waals surface area contributed by atoms with Crippen molar-refractivity contribution >= 4 is 13.0 Å². The molecule has 1 aromatic carbocycles. The van der Waals surface area contributed by atoms with Crippen molar-refractivity contribution in [2.24, 2.45) is 23.0 Å². The summed E-state index contributed by atoms with van der Waals surface area (Å²) in [5.74, 6) is 2.29. The molecule has 6 rings (SSSR count). The Kier molecular flexibility index (Phi) is 7.00. The first-order valence-corrected chi connectivity index (χ1v) is 13.5. The van der Waals surface area contributed by atoms with Gasteiger partial charge < -0.3 is 20.4 Å². The van der Waals surface area contributed by atoms with Crippen LogP contribution in [-0.2, 0) is 27.1 Å². The molecule has 2 heterocycles. The van der Waals surface area contributed by atoms with Gasteiger partial charge in [-0.3, -0.25) is 4.79 Å². The summed E-state index contributed by atoms with van der Waals surface area (Å²) >= 11 is 0. The van der Waals surface area contributed by atoms with Crippen molar-refractivity contribution in [2.45, 2.75) is 90.4 Å². The fourth-order valence-corrected chi connectivity index (χ4v) is 6.73. The van der Waals surface area contributed by atoms with Gasteiger partial charge in [-0.05, 0) is 68.9 Å². The highest BCUT2D eigenvalue weighted by Gasteiger charge is 2.68. The third-order valence-electron chi connectivity index (χ3n) is 9.01. The van der Waals surface area contributed by atoms with Crippen LogP contribution < -0.4 is 11.1 Å². The fourth-order valence-electron chi connectivity index (χ4n) is 6.73. The standard InChI is InChI=1S/C27H40BN5O3/c1-18-30-24(14-19-10-6-5-7-11-19)32-33(18)17-25(34)31-23(12-8-9-13-29)28-35-22-16-20-15-21(26(20,2)3)27(22,4)36-28/h5-7,10-11,20-23H,8-9,12-17,29H2,1-4H3,(H,31,34). The van der Waals surface area contributed by atoms with Crippen molar-refractivity contribution < 1.29 is 14.1 Å². The van der Waals surface area contributed by atoms with Crippen LogP contribution in [0.1, 0.15) is 70.1 Å². The molecule has 9 heteroatoms. The van der Waals surface area contributed by atoms with Gasteiger partial charge in [0, 0.05) is 6.42 Å². The number of benzene rings is 1. The van der Waals surface area contributed by atoms with Crippen LogP contribution in [0.15, 0.2) is 30.3 Å².